The van der Waals surface area contributed by atoms with Crippen molar-refractivity contribution < 1.29 is 14.3 Å². The number of likely N-dealkylation sites (N-methyl/N-ethyl adjacent to an activating group) is 1. The van der Waals surface area contributed by atoms with E-state index in [1.165, 1.54) is 7.11 Å². The molecular weight excluding hydrogens is 410 g/mol. The molecule has 3 heterocycles. The second kappa shape index (κ2) is 9.09. The van der Waals surface area contributed by atoms with E-state index in [1.807, 2.05) is 11.9 Å². The van der Waals surface area contributed by atoms with Crippen LogP contribution in [0.1, 0.15) is 28.9 Å². The Balaban J connectivity index is 1.52. The van der Waals surface area contributed by atoms with E-state index in [2.05, 4.69) is 26.3 Å². The molecule has 0 spiro atoms. The zero-order valence-electron chi connectivity index (χ0n) is 18.1. The van der Waals surface area contributed by atoms with Crippen LogP contribution in [-0.2, 0) is 4.74 Å². The third kappa shape index (κ3) is 4.27. The van der Waals surface area contributed by atoms with E-state index in [0.717, 1.165) is 32.5 Å². The van der Waals surface area contributed by atoms with Crippen LogP contribution in [0.4, 0.5) is 22.1 Å². The normalized spacial score (nSPS) is 18.5. The van der Waals surface area contributed by atoms with Gasteiger partial charge in [-0.05, 0) is 37.1 Å². The number of rotatable bonds is 5. The molecule has 0 radical (unpaired) electrons. The number of piperidine rings is 1. The van der Waals surface area contributed by atoms with Crippen LogP contribution in [0, 0.1) is 11.3 Å². The third-order valence-electron chi connectivity index (χ3n) is 5.84. The molecule has 1 aromatic carbocycles. The minimum absolute atomic E-state index is 0.0699. The second-order valence-corrected chi connectivity index (χ2v) is 7.87. The minimum atomic E-state index is -0.418. The van der Waals surface area contributed by atoms with Crippen molar-refractivity contribution in [2.45, 2.75) is 18.9 Å². The molecule has 2 fully saturated rings. The lowest BCUT2D eigenvalue weighted by molar-refractivity contribution is 0.0600. The van der Waals surface area contributed by atoms with Gasteiger partial charge < -0.3 is 24.8 Å². The molecule has 4 rings (SSSR count). The second-order valence-electron chi connectivity index (χ2n) is 7.87. The van der Waals surface area contributed by atoms with E-state index >= 15 is 0 Å². The van der Waals surface area contributed by atoms with Gasteiger partial charge in [0.2, 0.25) is 0 Å². The van der Waals surface area contributed by atoms with Crippen molar-refractivity contribution in [3.8, 4) is 6.07 Å². The average molecular weight is 435 g/mol. The van der Waals surface area contributed by atoms with Crippen molar-refractivity contribution in [1.82, 2.24) is 19.8 Å². The van der Waals surface area contributed by atoms with Gasteiger partial charge >= 0.3 is 12.0 Å². The van der Waals surface area contributed by atoms with Crippen LogP contribution >= 0.6 is 0 Å². The molecule has 2 saturated heterocycles. The zero-order valence-corrected chi connectivity index (χ0v) is 18.1. The maximum atomic E-state index is 12.4. The maximum Gasteiger partial charge on any atom is 0.337 e. The summed E-state index contributed by atoms with van der Waals surface area (Å²) < 4.78 is 4.71. The highest BCUT2D eigenvalue weighted by molar-refractivity contribution is 5.89. The zero-order chi connectivity index (χ0) is 22.7. The Hall–Kier alpha value is -3.87. The Kier molecular flexibility index (Phi) is 6.07. The van der Waals surface area contributed by atoms with Gasteiger partial charge in [0.05, 0.1) is 24.9 Å². The summed E-state index contributed by atoms with van der Waals surface area (Å²) in [5, 5.41) is 12.6. The van der Waals surface area contributed by atoms with E-state index in [4.69, 9.17) is 4.74 Å². The number of ether oxygens (including phenoxy) is 1. The summed E-state index contributed by atoms with van der Waals surface area (Å²) in [5.41, 5.74) is 1.28. The molecule has 0 aliphatic carbocycles. The van der Waals surface area contributed by atoms with Crippen LogP contribution in [0.2, 0.25) is 0 Å². The van der Waals surface area contributed by atoms with Crippen molar-refractivity contribution in [2.24, 2.45) is 0 Å². The van der Waals surface area contributed by atoms with Crippen molar-refractivity contribution in [3.63, 3.8) is 0 Å². The number of hydrogen-bond donors (Lipinski definition) is 1. The topological polar surface area (TPSA) is 115 Å². The lowest BCUT2D eigenvalue weighted by atomic mass is 10.0. The number of benzene rings is 1. The number of nitrogens with zero attached hydrogens (tertiary/aromatic N) is 6. The van der Waals surface area contributed by atoms with Crippen molar-refractivity contribution >= 4 is 29.3 Å². The first-order valence-corrected chi connectivity index (χ1v) is 10.5. The van der Waals surface area contributed by atoms with Gasteiger partial charge in [-0.3, -0.25) is 0 Å². The van der Waals surface area contributed by atoms with E-state index in [0.29, 0.717) is 29.4 Å². The van der Waals surface area contributed by atoms with E-state index < -0.39 is 5.97 Å². The van der Waals surface area contributed by atoms with Crippen LogP contribution in [0.15, 0.2) is 30.5 Å². The molecule has 0 saturated carbocycles. The molecule has 0 bridgehead atoms. The minimum Gasteiger partial charge on any atom is -0.465 e. The van der Waals surface area contributed by atoms with E-state index in [1.54, 1.807) is 35.4 Å². The Labute approximate surface area is 186 Å². The molecule has 1 aromatic heterocycles. The molecule has 166 valence electrons. The highest BCUT2D eigenvalue weighted by Gasteiger charge is 2.34. The average Bonchev–Trinajstić information content (AvgIpc) is 3.17. The molecule has 10 heteroatoms. The van der Waals surface area contributed by atoms with Crippen LogP contribution in [-0.4, -0.2) is 78.1 Å². The summed E-state index contributed by atoms with van der Waals surface area (Å²) in [6, 6.07) is 8.96. The van der Waals surface area contributed by atoms with Crippen molar-refractivity contribution in [3.05, 3.63) is 41.7 Å². The lowest BCUT2D eigenvalue weighted by Gasteiger charge is -2.37. The van der Waals surface area contributed by atoms with Gasteiger partial charge in [-0.25, -0.2) is 19.6 Å². The third-order valence-corrected chi connectivity index (χ3v) is 5.84. The molecule has 1 atom stereocenters. The fraction of sp³-hybridized carbons (Fsp3) is 0.409. The molecule has 2 amide bonds. The molecule has 32 heavy (non-hydrogen) atoms. The van der Waals surface area contributed by atoms with Crippen LogP contribution in [0.5, 0.6) is 0 Å². The monoisotopic (exact) mass is 435 g/mol. The van der Waals surface area contributed by atoms with Crippen LogP contribution in [0.25, 0.3) is 0 Å². The van der Waals surface area contributed by atoms with Gasteiger partial charge in [0.1, 0.15) is 11.9 Å². The fourth-order valence-corrected chi connectivity index (χ4v) is 4.07. The number of carbonyl (C=O) groups is 2. The van der Waals surface area contributed by atoms with Crippen molar-refractivity contribution in [1.29, 1.82) is 5.26 Å². The molecule has 1 N–H and O–H groups in total. The number of methoxy groups -OCH3 is 1. The van der Waals surface area contributed by atoms with Gasteiger partial charge in [-0.2, -0.15) is 5.26 Å². The molecule has 0 unspecified atom stereocenters. The SMILES string of the molecule is COC(=O)c1ccc(Nc2nc(N3CCC[C@@H](N4CCN(C)C4=O)C3)cnc2C#N)cc1. The summed E-state index contributed by atoms with van der Waals surface area (Å²) in [5.74, 6) is 0.579. The van der Waals surface area contributed by atoms with Gasteiger partial charge in [-0.15, -0.1) is 0 Å². The Morgan fingerprint density at radius 1 is 1.25 bits per heavy atom. The van der Waals surface area contributed by atoms with E-state index in [-0.39, 0.29) is 17.8 Å². The maximum absolute atomic E-state index is 12.4. The number of anilines is 3. The van der Waals surface area contributed by atoms with Gasteiger partial charge in [0.25, 0.3) is 0 Å². The first-order chi connectivity index (χ1) is 15.5. The van der Waals surface area contributed by atoms with E-state index in [9.17, 15) is 14.9 Å². The molecule has 2 aliphatic heterocycles. The Morgan fingerprint density at radius 3 is 2.69 bits per heavy atom. The smallest absolute Gasteiger partial charge is 0.337 e. The standard InChI is InChI=1S/C22H25N7O3/c1-27-10-11-29(22(27)31)17-4-3-9-28(14-17)19-13-24-18(12-23)20(26-19)25-16-7-5-15(6-8-16)21(30)32-2/h5-8,13,17H,3-4,9-11,14H2,1-2H3,(H,25,26)/t17-/m1/s1. The summed E-state index contributed by atoms with van der Waals surface area (Å²) in [7, 11) is 3.16. The largest absolute Gasteiger partial charge is 0.465 e. The van der Waals surface area contributed by atoms with Gasteiger partial charge in [0, 0.05) is 38.9 Å². The number of hydrogen-bond acceptors (Lipinski definition) is 8. The predicted octanol–water partition coefficient (Wildman–Crippen LogP) is 2.21. The summed E-state index contributed by atoms with van der Waals surface area (Å²) in [6.07, 6.45) is 3.50. The summed E-state index contributed by atoms with van der Waals surface area (Å²) in [6.45, 7) is 2.96. The van der Waals surface area contributed by atoms with Crippen LogP contribution < -0.4 is 10.2 Å². The molecule has 10 nitrogen and oxygen atoms in total. The quantitative estimate of drug-likeness (QED) is 0.711. The molecular formula is C22H25N7O3. The first-order valence-electron chi connectivity index (χ1n) is 10.5. The Morgan fingerprint density at radius 2 is 2.03 bits per heavy atom. The summed E-state index contributed by atoms with van der Waals surface area (Å²) in [4.78, 5) is 38.8. The van der Waals surface area contributed by atoms with Gasteiger partial charge in [-0.1, -0.05) is 0 Å². The fourth-order valence-electron chi connectivity index (χ4n) is 4.07. The Bertz CT molecular complexity index is 1050. The summed E-state index contributed by atoms with van der Waals surface area (Å²) >= 11 is 0. The highest BCUT2D eigenvalue weighted by atomic mass is 16.5. The first kappa shape index (κ1) is 21.4. The van der Waals surface area contributed by atoms with Crippen molar-refractivity contribution in [2.75, 3.05) is 50.6 Å². The number of nitrogens with one attached hydrogen (secondary N) is 1. The lowest BCUT2D eigenvalue weighted by Crippen LogP contribution is -2.49. The number of urea groups is 1. The van der Waals surface area contributed by atoms with Gasteiger partial charge in [0.15, 0.2) is 11.5 Å². The molecule has 2 aromatic rings. The number of nitriles is 1. The predicted molar refractivity (Wildman–Crippen MR) is 118 cm³/mol. The number of aromatic nitrogens is 2. The number of amides is 2. The van der Waals surface area contributed by atoms with Crippen LogP contribution in [0.3, 0.4) is 0 Å². The highest BCUT2D eigenvalue weighted by Crippen LogP contribution is 2.26. The molecule has 2 aliphatic rings. The number of esters is 1. The number of carbonyl (C=O) groups excluding carboxylic acids is 2.